The number of nitrogens with two attached hydrogens (primary N) is 1. The zero-order valence-corrected chi connectivity index (χ0v) is 8.33. The number of aliphatic hydroxyl groups is 1. The first-order valence-electron chi connectivity index (χ1n) is 4.77. The van der Waals surface area contributed by atoms with Gasteiger partial charge in [0.15, 0.2) is 0 Å². The molecule has 1 aromatic carbocycles. The Morgan fingerprint density at radius 3 is 2.44 bits per heavy atom. The van der Waals surface area contributed by atoms with Gasteiger partial charge in [-0.1, -0.05) is 0 Å². The van der Waals surface area contributed by atoms with Crippen LogP contribution in [0.1, 0.15) is 5.56 Å². The third-order valence-corrected chi connectivity index (χ3v) is 2.53. The van der Waals surface area contributed by atoms with Gasteiger partial charge in [0, 0.05) is 24.5 Å². The van der Waals surface area contributed by atoms with Gasteiger partial charge in [-0.15, -0.1) is 0 Å². The van der Waals surface area contributed by atoms with E-state index in [9.17, 15) is 13.2 Å². The molecule has 0 amide bonds. The van der Waals surface area contributed by atoms with Crippen molar-refractivity contribution in [2.75, 3.05) is 23.7 Å². The molecule has 0 aromatic heterocycles. The molecule has 0 atom stereocenters. The van der Waals surface area contributed by atoms with Crippen LogP contribution in [0.25, 0.3) is 0 Å². The number of anilines is 2. The third-order valence-electron chi connectivity index (χ3n) is 2.53. The minimum absolute atomic E-state index is 0.0759. The van der Waals surface area contributed by atoms with E-state index in [-0.39, 0.29) is 24.5 Å². The van der Waals surface area contributed by atoms with Gasteiger partial charge in [-0.3, -0.25) is 0 Å². The summed E-state index contributed by atoms with van der Waals surface area (Å²) in [5.74, 6) is 0. The average Bonchev–Trinajstić information content (AvgIpc) is 2.12. The Kier molecular flexibility index (Phi) is 2.46. The molecule has 3 nitrogen and oxygen atoms in total. The van der Waals surface area contributed by atoms with Crippen molar-refractivity contribution in [2.24, 2.45) is 0 Å². The average molecular weight is 232 g/mol. The normalized spacial score (nSPS) is 17.4. The summed E-state index contributed by atoms with van der Waals surface area (Å²) in [6.07, 6.45) is -4.97. The molecule has 1 heterocycles. The minimum Gasteiger partial charge on any atom is -0.399 e. The largest absolute Gasteiger partial charge is 0.418 e. The van der Waals surface area contributed by atoms with Crippen LogP contribution in [0.5, 0.6) is 0 Å². The molecule has 1 aliphatic heterocycles. The molecule has 0 spiro atoms. The minimum atomic E-state index is -4.43. The van der Waals surface area contributed by atoms with Gasteiger partial charge >= 0.3 is 6.18 Å². The summed E-state index contributed by atoms with van der Waals surface area (Å²) >= 11 is 0. The van der Waals surface area contributed by atoms with E-state index < -0.39 is 17.8 Å². The number of nitrogens with zero attached hydrogens (tertiary/aromatic N) is 1. The van der Waals surface area contributed by atoms with Crippen molar-refractivity contribution in [3.8, 4) is 0 Å². The van der Waals surface area contributed by atoms with E-state index in [2.05, 4.69) is 0 Å². The second-order valence-electron chi connectivity index (χ2n) is 3.83. The SMILES string of the molecule is Nc1ccc(N2CC(O)C2)c(C(F)(F)F)c1. The first-order chi connectivity index (χ1) is 7.38. The number of nitrogen functional groups attached to an aromatic ring is 1. The van der Waals surface area contributed by atoms with E-state index in [1.165, 1.54) is 17.0 Å². The Labute approximate surface area is 90.3 Å². The molecule has 6 heteroatoms. The quantitative estimate of drug-likeness (QED) is 0.721. The zero-order chi connectivity index (χ0) is 11.9. The molecule has 1 aliphatic rings. The molecule has 0 bridgehead atoms. The number of hydrogen-bond donors (Lipinski definition) is 2. The Bertz CT molecular complexity index is 400. The highest BCUT2D eigenvalue weighted by Crippen LogP contribution is 2.39. The van der Waals surface area contributed by atoms with Gasteiger partial charge in [-0.05, 0) is 18.2 Å². The lowest BCUT2D eigenvalue weighted by Gasteiger charge is -2.39. The number of rotatable bonds is 1. The van der Waals surface area contributed by atoms with Crippen molar-refractivity contribution < 1.29 is 18.3 Å². The summed E-state index contributed by atoms with van der Waals surface area (Å²) in [6, 6.07) is 3.68. The fraction of sp³-hybridized carbons (Fsp3) is 0.400. The van der Waals surface area contributed by atoms with E-state index in [1.807, 2.05) is 0 Å². The van der Waals surface area contributed by atoms with Crippen molar-refractivity contribution in [1.82, 2.24) is 0 Å². The van der Waals surface area contributed by atoms with E-state index in [4.69, 9.17) is 10.8 Å². The maximum Gasteiger partial charge on any atom is 0.418 e. The van der Waals surface area contributed by atoms with Crippen molar-refractivity contribution in [3.05, 3.63) is 23.8 Å². The van der Waals surface area contributed by atoms with Gasteiger partial charge in [-0.2, -0.15) is 13.2 Å². The molecule has 0 saturated carbocycles. The molecule has 2 rings (SSSR count). The maximum atomic E-state index is 12.7. The van der Waals surface area contributed by atoms with E-state index in [0.29, 0.717) is 0 Å². The molecular formula is C10H11F3N2O. The molecule has 3 N–H and O–H groups in total. The molecule has 1 saturated heterocycles. The van der Waals surface area contributed by atoms with Crippen LogP contribution in [0.15, 0.2) is 18.2 Å². The Morgan fingerprint density at radius 1 is 1.31 bits per heavy atom. The van der Waals surface area contributed by atoms with Crippen molar-refractivity contribution in [1.29, 1.82) is 0 Å². The number of benzene rings is 1. The molecule has 0 radical (unpaired) electrons. The van der Waals surface area contributed by atoms with Gasteiger partial charge in [-0.25, -0.2) is 0 Å². The molecule has 1 aromatic rings. The standard InChI is InChI=1S/C10H11F3N2O/c11-10(12,13)8-3-6(14)1-2-9(8)15-4-7(16)5-15/h1-3,7,16H,4-5,14H2. The van der Waals surface area contributed by atoms with Crippen LogP contribution < -0.4 is 10.6 Å². The molecule has 16 heavy (non-hydrogen) atoms. The molecular weight excluding hydrogens is 221 g/mol. The predicted octanol–water partition coefficient (Wildman–Crippen LogP) is 1.47. The first-order valence-corrected chi connectivity index (χ1v) is 4.77. The van der Waals surface area contributed by atoms with Crippen LogP contribution in [0, 0.1) is 0 Å². The number of β-amino-alcohol motifs (C(OH)–C–C–N with tert-alkyl or cyclic N) is 1. The highest BCUT2D eigenvalue weighted by Gasteiger charge is 2.37. The van der Waals surface area contributed by atoms with Crippen LogP contribution >= 0.6 is 0 Å². The van der Waals surface area contributed by atoms with Gasteiger partial charge in [0.1, 0.15) is 0 Å². The van der Waals surface area contributed by atoms with Gasteiger partial charge in [0.05, 0.1) is 11.7 Å². The zero-order valence-electron chi connectivity index (χ0n) is 8.33. The first kappa shape index (κ1) is 11.1. The van der Waals surface area contributed by atoms with Crippen molar-refractivity contribution in [2.45, 2.75) is 12.3 Å². The summed E-state index contributed by atoms with van der Waals surface area (Å²) in [5, 5.41) is 9.08. The smallest absolute Gasteiger partial charge is 0.399 e. The Morgan fingerprint density at radius 2 is 1.94 bits per heavy atom. The summed E-state index contributed by atoms with van der Waals surface area (Å²) in [4.78, 5) is 1.48. The van der Waals surface area contributed by atoms with Gasteiger partial charge in [0.2, 0.25) is 0 Å². The van der Waals surface area contributed by atoms with Crippen LogP contribution in [0.4, 0.5) is 24.5 Å². The summed E-state index contributed by atoms with van der Waals surface area (Å²) < 4.78 is 38.1. The number of halogens is 3. The molecule has 0 unspecified atom stereocenters. The maximum absolute atomic E-state index is 12.7. The number of hydrogen-bond acceptors (Lipinski definition) is 3. The fourth-order valence-corrected chi connectivity index (χ4v) is 1.71. The van der Waals surface area contributed by atoms with Gasteiger partial charge in [0.25, 0.3) is 0 Å². The van der Waals surface area contributed by atoms with Crippen LogP contribution in [-0.4, -0.2) is 24.3 Å². The van der Waals surface area contributed by atoms with E-state index in [1.54, 1.807) is 0 Å². The van der Waals surface area contributed by atoms with Crippen LogP contribution in [0.2, 0.25) is 0 Å². The molecule has 1 fully saturated rings. The third kappa shape index (κ3) is 1.92. The molecule has 0 aliphatic carbocycles. The van der Waals surface area contributed by atoms with Crippen molar-refractivity contribution in [3.63, 3.8) is 0 Å². The lowest BCUT2D eigenvalue weighted by molar-refractivity contribution is -0.137. The summed E-state index contributed by atoms with van der Waals surface area (Å²) in [7, 11) is 0. The van der Waals surface area contributed by atoms with E-state index in [0.717, 1.165) is 6.07 Å². The highest BCUT2D eigenvalue weighted by molar-refractivity contribution is 5.62. The molecule has 88 valence electrons. The van der Waals surface area contributed by atoms with Crippen molar-refractivity contribution >= 4 is 11.4 Å². The highest BCUT2D eigenvalue weighted by atomic mass is 19.4. The predicted molar refractivity (Wildman–Crippen MR) is 54.1 cm³/mol. The van der Waals surface area contributed by atoms with Crippen LogP contribution in [0.3, 0.4) is 0 Å². The Hall–Kier alpha value is -1.43. The summed E-state index contributed by atoms with van der Waals surface area (Å²) in [6.45, 7) is 0.458. The van der Waals surface area contributed by atoms with E-state index >= 15 is 0 Å². The fourth-order valence-electron chi connectivity index (χ4n) is 1.71. The second-order valence-corrected chi connectivity index (χ2v) is 3.83. The number of aliphatic hydroxyl groups excluding tert-OH is 1. The lowest BCUT2D eigenvalue weighted by atomic mass is 10.1. The number of alkyl halides is 3. The summed E-state index contributed by atoms with van der Waals surface area (Å²) in [5.41, 5.74) is 4.75. The topological polar surface area (TPSA) is 49.5 Å². The monoisotopic (exact) mass is 232 g/mol. The van der Waals surface area contributed by atoms with Crippen LogP contribution in [-0.2, 0) is 6.18 Å². The van der Waals surface area contributed by atoms with Gasteiger partial charge < -0.3 is 15.7 Å². The lowest BCUT2D eigenvalue weighted by Crippen LogP contribution is -2.51. The Balaban J connectivity index is 2.37. The second kappa shape index (κ2) is 3.55.